The van der Waals surface area contributed by atoms with E-state index in [1.807, 2.05) is 11.0 Å². The minimum absolute atomic E-state index is 0.0767. The van der Waals surface area contributed by atoms with Gasteiger partial charge in [0.1, 0.15) is 0 Å². The third-order valence-corrected chi connectivity index (χ3v) is 5.14. The predicted octanol–water partition coefficient (Wildman–Crippen LogP) is 2.05. The number of likely N-dealkylation sites (tertiary alicyclic amines) is 1. The quantitative estimate of drug-likeness (QED) is 0.914. The highest BCUT2D eigenvalue weighted by Gasteiger charge is 2.25. The van der Waals surface area contributed by atoms with E-state index in [4.69, 9.17) is 5.26 Å². The number of urea groups is 1. The number of amides is 2. The molecule has 0 aromatic heterocycles. The zero-order valence-electron chi connectivity index (χ0n) is 14.9. The zero-order chi connectivity index (χ0) is 17.6. The van der Waals surface area contributed by atoms with Gasteiger partial charge in [-0.25, -0.2) is 4.79 Å². The summed E-state index contributed by atoms with van der Waals surface area (Å²) < 4.78 is 0. The molecule has 1 aromatic carbocycles. The molecule has 1 atom stereocenters. The molecule has 2 saturated heterocycles. The highest BCUT2D eigenvalue weighted by Crippen LogP contribution is 2.17. The van der Waals surface area contributed by atoms with Crippen LogP contribution in [0.3, 0.4) is 0 Å². The van der Waals surface area contributed by atoms with Crippen molar-refractivity contribution < 1.29 is 4.79 Å². The summed E-state index contributed by atoms with van der Waals surface area (Å²) in [5.74, 6) is 0.757. The van der Waals surface area contributed by atoms with Gasteiger partial charge >= 0.3 is 6.03 Å². The minimum atomic E-state index is -0.0767. The molecule has 6 heteroatoms. The molecule has 0 aliphatic carbocycles. The molecule has 1 unspecified atom stereocenters. The fourth-order valence-electron chi connectivity index (χ4n) is 3.79. The highest BCUT2D eigenvalue weighted by molar-refractivity contribution is 5.89. The first-order valence-electron chi connectivity index (χ1n) is 9.11. The van der Waals surface area contributed by atoms with Crippen LogP contribution in [0.5, 0.6) is 0 Å². The maximum Gasteiger partial charge on any atom is 0.321 e. The Morgan fingerprint density at radius 3 is 2.80 bits per heavy atom. The first-order valence-corrected chi connectivity index (χ1v) is 9.11. The molecule has 25 heavy (non-hydrogen) atoms. The average Bonchev–Trinajstić information content (AvgIpc) is 2.62. The molecule has 0 saturated carbocycles. The normalized spacial score (nSPS) is 22.4. The largest absolute Gasteiger partial charge is 0.322 e. The van der Waals surface area contributed by atoms with Crippen LogP contribution in [0.25, 0.3) is 0 Å². The van der Waals surface area contributed by atoms with E-state index < -0.39 is 0 Å². The van der Waals surface area contributed by atoms with Crippen LogP contribution in [-0.2, 0) is 0 Å². The molecule has 134 valence electrons. The van der Waals surface area contributed by atoms with E-state index in [0.29, 0.717) is 11.3 Å². The van der Waals surface area contributed by atoms with Gasteiger partial charge in [0, 0.05) is 45.0 Å². The second kappa shape index (κ2) is 8.32. The fraction of sp³-hybridized carbons (Fsp3) is 0.579. The van der Waals surface area contributed by atoms with Crippen LogP contribution in [-0.4, -0.2) is 73.6 Å². The van der Waals surface area contributed by atoms with E-state index >= 15 is 0 Å². The molecule has 0 bridgehead atoms. The third kappa shape index (κ3) is 4.94. The van der Waals surface area contributed by atoms with Crippen molar-refractivity contribution in [2.24, 2.45) is 5.92 Å². The molecule has 0 radical (unpaired) electrons. The topological polar surface area (TPSA) is 62.6 Å². The van der Waals surface area contributed by atoms with Crippen molar-refractivity contribution in [2.75, 3.05) is 58.2 Å². The van der Waals surface area contributed by atoms with Gasteiger partial charge in [-0.05, 0) is 50.6 Å². The van der Waals surface area contributed by atoms with Crippen molar-refractivity contribution in [3.63, 3.8) is 0 Å². The first kappa shape index (κ1) is 17.7. The lowest BCUT2D eigenvalue weighted by atomic mass is 9.97. The number of nitriles is 1. The van der Waals surface area contributed by atoms with Crippen LogP contribution in [0.15, 0.2) is 24.3 Å². The van der Waals surface area contributed by atoms with Gasteiger partial charge in [0.15, 0.2) is 0 Å². The van der Waals surface area contributed by atoms with Crippen LogP contribution >= 0.6 is 0 Å². The Balaban J connectivity index is 1.45. The Labute approximate surface area is 150 Å². The molecule has 2 heterocycles. The number of piperidine rings is 1. The molecule has 6 nitrogen and oxygen atoms in total. The summed E-state index contributed by atoms with van der Waals surface area (Å²) in [6.07, 6.45) is 2.62. The molecule has 3 rings (SSSR count). The number of nitrogens with zero attached hydrogens (tertiary/aromatic N) is 4. The average molecular weight is 341 g/mol. The minimum Gasteiger partial charge on any atom is -0.322 e. The van der Waals surface area contributed by atoms with Gasteiger partial charge in [0.05, 0.1) is 11.6 Å². The maximum atomic E-state index is 12.4. The summed E-state index contributed by atoms with van der Waals surface area (Å²) in [5, 5.41) is 11.8. The summed E-state index contributed by atoms with van der Waals surface area (Å²) in [5.41, 5.74) is 1.23. The van der Waals surface area contributed by atoms with E-state index in [2.05, 4.69) is 28.2 Å². The zero-order valence-corrected chi connectivity index (χ0v) is 14.9. The third-order valence-electron chi connectivity index (χ3n) is 5.14. The number of carbonyl (C=O) groups excluding carboxylic acids is 1. The van der Waals surface area contributed by atoms with Crippen LogP contribution in [0, 0.1) is 17.2 Å². The number of benzene rings is 1. The van der Waals surface area contributed by atoms with Gasteiger partial charge < -0.3 is 15.1 Å². The molecule has 2 amide bonds. The van der Waals surface area contributed by atoms with Crippen molar-refractivity contribution in [3.8, 4) is 6.07 Å². The second-order valence-electron chi connectivity index (χ2n) is 7.18. The maximum absolute atomic E-state index is 12.4. The lowest BCUT2D eigenvalue weighted by Gasteiger charge is -2.38. The number of hydrogen-bond donors (Lipinski definition) is 1. The van der Waals surface area contributed by atoms with E-state index in [9.17, 15) is 4.79 Å². The Morgan fingerprint density at radius 1 is 1.28 bits per heavy atom. The summed E-state index contributed by atoms with van der Waals surface area (Å²) in [6, 6.07) is 9.05. The lowest BCUT2D eigenvalue weighted by Crippen LogP contribution is -2.51. The predicted molar refractivity (Wildman–Crippen MR) is 98.4 cm³/mol. The van der Waals surface area contributed by atoms with E-state index in [-0.39, 0.29) is 6.03 Å². The van der Waals surface area contributed by atoms with Gasteiger partial charge in [-0.15, -0.1) is 0 Å². The number of nitrogens with one attached hydrogen (secondary N) is 1. The SMILES string of the molecule is CN1CCCC(CN2CCN(C(=O)Nc3cccc(C#N)c3)CC2)C1. The number of carbonyl (C=O) groups is 1. The Hall–Kier alpha value is -2.10. The van der Waals surface area contributed by atoms with Crippen molar-refractivity contribution in [1.29, 1.82) is 5.26 Å². The van der Waals surface area contributed by atoms with E-state index in [0.717, 1.165) is 38.6 Å². The number of piperazine rings is 1. The first-order chi connectivity index (χ1) is 12.1. The number of hydrogen-bond acceptors (Lipinski definition) is 4. The summed E-state index contributed by atoms with van der Waals surface area (Å²) in [7, 11) is 2.20. The highest BCUT2D eigenvalue weighted by atomic mass is 16.2. The molecule has 2 aliphatic rings. The monoisotopic (exact) mass is 341 g/mol. The van der Waals surface area contributed by atoms with Crippen molar-refractivity contribution >= 4 is 11.7 Å². The van der Waals surface area contributed by atoms with Crippen LogP contribution in [0.2, 0.25) is 0 Å². The van der Waals surface area contributed by atoms with E-state index in [1.54, 1.807) is 18.2 Å². The molecule has 1 aromatic rings. The molecule has 1 N–H and O–H groups in total. The molecule has 2 fully saturated rings. The van der Waals surface area contributed by atoms with Gasteiger partial charge in [0.25, 0.3) is 0 Å². The van der Waals surface area contributed by atoms with Crippen molar-refractivity contribution in [1.82, 2.24) is 14.7 Å². The van der Waals surface area contributed by atoms with Crippen LogP contribution < -0.4 is 5.32 Å². The fourth-order valence-corrected chi connectivity index (χ4v) is 3.79. The van der Waals surface area contributed by atoms with Crippen LogP contribution in [0.1, 0.15) is 18.4 Å². The lowest BCUT2D eigenvalue weighted by molar-refractivity contribution is 0.109. The van der Waals surface area contributed by atoms with E-state index in [1.165, 1.54) is 25.9 Å². The van der Waals surface area contributed by atoms with Gasteiger partial charge in [-0.1, -0.05) is 6.07 Å². The molecule has 2 aliphatic heterocycles. The number of rotatable bonds is 3. The van der Waals surface area contributed by atoms with Crippen molar-refractivity contribution in [2.45, 2.75) is 12.8 Å². The number of anilines is 1. The Bertz CT molecular complexity index is 633. The van der Waals surface area contributed by atoms with Gasteiger partial charge in [-0.3, -0.25) is 4.90 Å². The molecular weight excluding hydrogens is 314 g/mol. The summed E-state index contributed by atoms with van der Waals surface area (Å²) in [6.45, 7) is 6.94. The Morgan fingerprint density at radius 2 is 2.08 bits per heavy atom. The summed E-state index contributed by atoms with van der Waals surface area (Å²) >= 11 is 0. The second-order valence-corrected chi connectivity index (χ2v) is 7.18. The standard InChI is InChI=1S/C19H27N5O/c1-22-7-3-5-17(14-22)15-23-8-10-24(11-9-23)19(25)21-18-6-2-4-16(12-18)13-20/h2,4,6,12,17H,3,5,7-11,14-15H2,1H3,(H,21,25). The molecule has 0 spiro atoms. The Kier molecular flexibility index (Phi) is 5.90. The molecular formula is C19H27N5O. The smallest absolute Gasteiger partial charge is 0.321 e. The van der Waals surface area contributed by atoms with Crippen molar-refractivity contribution in [3.05, 3.63) is 29.8 Å². The van der Waals surface area contributed by atoms with Crippen LogP contribution in [0.4, 0.5) is 10.5 Å². The summed E-state index contributed by atoms with van der Waals surface area (Å²) in [4.78, 5) is 19.2. The van der Waals surface area contributed by atoms with Gasteiger partial charge in [0.2, 0.25) is 0 Å². The van der Waals surface area contributed by atoms with Gasteiger partial charge in [-0.2, -0.15) is 5.26 Å².